The summed E-state index contributed by atoms with van der Waals surface area (Å²) < 4.78 is 5.22. The van der Waals surface area contributed by atoms with E-state index in [1.807, 2.05) is 42.5 Å². The van der Waals surface area contributed by atoms with Gasteiger partial charge in [0.2, 0.25) is 0 Å². The van der Waals surface area contributed by atoms with Crippen LogP contribution in [0.4, 0.5) is 5.69 Å². The highest BCUT2D eigenvalue weighted by atomic mass is 16.5. The zero-order valence-corrected chi connectivity index (χ0v) is 12.6. The first-order valence-corrected chi connectivity index (χ1v) is 7.28. The summed E-state index contributed by atoms with van der Waals surface area (Å²) in [5.41, 5.74) is 1.83. The molecule has 1 amide bonds. The molecule has 0 spiro atoms. The molecule has 0 saturated carbocycles. The van der Waals surface area contributed by atoms with E-state index < -0.39 is 12.1 Å². The Balaban J connectivity index is 1.65. The zero-order chi connectivity index (χ0) is 16.2. The van der Waals surface area contributed by atoms with Gasteiger partial charge in [0.25, 0.3) is 5.91 Å². The summed E-state index contributed by atoms with van der Waals surface area (Å²) >= 11 is 0. The number of anilines is 1. The number of nitrogens with one attached hydrogen (secondary N) is 2. The standard InChI is InChI=1S/C18H16N2O3/c1-12(17(21)19-14-8-3-2-4-9-14)23-18(22)16-11-13-7-5-6-10-15(13)20-16/h2-12,20H,1H3,(H,19,21)/t12-/m1/s1. The topological polar surface area (TPSA) is 71.2 Å². The third-order valence-corrected chi connectivity index (χ3v) is 3.44. The Kier molecular flexibility index (Phi) is 4.10. The lowest BCUT2D eigenvalue weighted by Gasteiger charge is -2.12. The number of aromatic nitrogens is 1. The predicted molar refractivity (Wildman–Crippen MR) is 88.2 cm³/mol. The van der Waals surface area contributed by atoms with Crippen molar-refractivity contribution >= 4 is 28.5 Å². The lowest BCUT2D eigenvalue weighted by molar-refractivity contribution is -0.123. The Hall–Kier alpha value is -3.08. The number of hydrogen-bond acceptors (Lipinski definition) is 3. The third-order valence-electron chi connectivity index (χ3n) is 3.44. The van der Waals surface area contributed by atoms with E-state index in [0.29, 0.717) is 11.4 Å². The van der Waals surface area contributed by atoms with Gasteiger partial charge in [-0.2, -0.15) is 0 Å². The lowest BCUT2D eigenvalue weighted by Crippen LogP contribution is -2.30. The number of aromatic amines is 1. The van der Waals surface area contributed by atoms with Crippen molar-refractivity contribution < 1.29 is 14.3 Å². The minimum Gasteiger partial charge on any atom is -0.448 e. The van der Waals surface area contributed by atoms with Crippen molar-refractivity contribution in [1.29, 1.82) is 0 Å². The first-order chi connectivity index (χ1) is 11.1. The Morgan fingerprint density at radius 2 is 1.74 bits per heavy atom. The van der Waals surface area contributed by atoms with Crippen LogP contribution in [-0.2, 0) is 9.53 Å². The summed E-state index contributed by atoms with van der Waals surface area (Å²) in [5, 5.41) is 3.62. The van der Waals surface area contributed by atoms with Crippen molar-refractivity contribution in [3.8, 4) is 0 Å². The second-order valence-electron chi connectivity index (χ2n) is 5.17. The molecule has 1 aromatic heterocycles. The quantitative estimate of drug-likeness (QED) is 0.726. The van der Waals surface area contributed by atoms with E-state index in [4.69, 9.17) is 4.74 Å². The number of carbonyl (C=O) groups excluding carboxylic acids is 2. The molecule has 3 aromatic rings. The molecule has 5 nitrogen and oxygen atoms in total. The number of benzene rings is 2. The first-order valence-electron chi connectivity index (χ1n) is 7.28. The van der Waals surface area contributed by atoms with Gasteiger partial charge in [-0.1, -0.05) is 36.4 Å². The minimum atomic E-state index is -0.894. The van der Waals surface area contributed by atoms with Crippen molar-refractivity contribution in [3.05, 3.63) is 66.4 Å². The van der Waals surface area contributed by atoms with Crippen LogP contribution in [0, 0.1) is 0 Å². The van der Waals surface area contributed by atoms with Crippen molar-refractivity contribution in [3.63, 3.8) is 0 Å². The van der Waals surface area contributed by atoms with Crippen LogP contribution in [0.25, 0.3) is 10.9 Å². The summed E-state index contributed by atoms with van der Waals surface area (Å²) in [6, 6.07) is 18.3. The molecule has 0 saturated heterocycles. The van der Waals surface area contributed by atoms with Crippen molar-refractivity contribution in [2.75, 3.05) is 5.32 Å². The molecule has 0 fully saturated rings. The van der Waals surface area contributed by atoms with Gasteiger partial charge < -0.3 is 15.0 Å². The Labute approximate surface area is 133 Å². The summed E-state index contributed by atoms with van der Waals surface area (Å²) in [7, 11) is 0. The number of fused-ring (bicyclic) bond motifs is 1. The fourth-order valence-corrected chi connectivity index (χ4v) is 2.23. The largest absolute Gasteiger partial charge is 0.448 e. The molecule has 116 valence electrons. The van der Waals surface area contributed by atoms with E-state index in [2.05, 4.69) is 10.3 Å². The van der Waals surface area contributed by atoms with E-state index in [1.165, 1.54) is 0 Å². The molecular weight excluding hydrogens is 292 g/mol. The van der Waals surface area contributed by atoms with Crippen molar-refractivity contribution in [1.82, 2.24) is 4.98 Å². The maximum absolute atomic E-state index is 12.1. The number of esters is 1. The molecular formula is C18H16N2O3. The van der Waals surface area contributed by atoms with Crippen LogP contribution >= 0.6 is 0 Å². The number of amides is 1. The fraction of sp³-hybridized carbons (Fsp3) is 0.111. The Morgan fingerprint density at radius 1 is 1.04 bits per heavy atom. The van der Waals surface area contributed by atoms with Crippen LogP contribution < -0.4 is 5.32 Å². The lowest BCUT2D eigenvalue weighted by atomic mass is 10.2. The monoisotopic (exact) mass is 308 g/mol. The van der Waals surface area contributed by atoms with Crippen LogP contribution in [0.1, 0.15) is 17.4 Å². The van der Waals surface area contributed by atoms with E-state index in [-0.39, 0.29) is 5.91 Å². The minimum absolute atomic E-state index is 0.325. The second-order valence-corrected chi connectivity index (χ2v) is 5.17. The first kappa shape index (κ1) is 14.8. The SMILES string of the molecule is C[C@@H](OC(=O)c1cc2ccccc2[nH]1)C(=O)Nc1ccccc1. The van der Waals surface area contributed by atoms with E-state index in [0.717, 1.165) is 10.9 Å². The molecule has 0 unspecified atom stereocenters. The van der Waals surface area contributed by atoms with Gasteiger partial charge >= 0.3 is 5.97 Å². The highest BCUT2D eigenvalue weighted by Gasteiger charge is 2.20. The Bertz CT molecular complexity index is 807. The van der Waals surface area contributed by atoms with Crippen molar-refractivity contribution in [2.24, 2.45) is 0 Å². The smallest absolute Gasteiger partial charge is 0.355 e. The molecule has 0 bridgehead atoms. The third kappa shape index (κ3) is 3.40. The molecule has 0 aliphatic heterocycles. The Morgan fingerprint density at radius 3 is 2.48 bits per heavy atom. The van der Waals surface area contributed by atoms with Gasteiger partial charge in [0, 0.05) is 16.6 Å². The molecule has 3 rings (SSSR count). The van der Waals surface area contributed by atoms with Crippen molar-refractivity contribution in [2.45, 2.75) is 13.0 Å². The van der Waals surface area contributed by atoms with Gasteiger partial charge in [0.1, 0.15) is 5.69 Å². The molecule has 2 aromatic carbocycles. The van der Waals surface area contributed by atoms with Gasteiger partial charge in [0.05, 0.1) is 0 Å². The average Bonchev–Trinajstić information content (AvgIpc) is 3.00. The average molecular weight is 308 g/mol. The fourth-order valence-electron chi connectivity index (χ4n) is 2.23. The molecule has 23 heavy (non-hydrogen) atoms. The number of ether oxygens (including phenoxy) is 1. The maximum atomic E-state index is 12.1. The molecule has 0 radical (unpaired) electrons. The number of hydrogen-bond donors (Lipinski definition) is 2. The van der Waals surface area contributed by atoms with Gasteiger partial charge in [0.15, 0.2) is 6.10 Å². The van der Waals surface area contributed by atoms with Crippen LogP contribution in [-0.4, -0.2) is 23.0 Å². The van der Waals surface area contributed by atoms with E-state index >= 15 is 0 Å². The molecule has 0 aliphatic carbocycles. The molecule has 5 heteroatoms. The van der Waals surface area contributed by atoms with Crippen LogP contribution in [0.3, 0.4) is 0 Å². The number of carbonyl (C=O) groups is 2. The maximum Gasteiger partial charge on any atom is 0.355 e. The number of rotatable bonds is 4. The number of para-hydroxylation sites is 2. The van der Waals surface area contributed by atoms with Crippen LogP contribution in [0.15, 0.2) is 60.7 Å². The van der Waals surface area contributed by atoms with Gasteiger partial charge in [-0.05, 0) is 31.2 Å². The van der Waals surface area contributed by atoms with Crippen LogP contribution in [0.2, 0.25) is 0 Å². The molecule has 0 aliphatic rings. The van der Waals surface area contributed by atoms with Gasteiger partial charge in [-0.3, -0.25) is 4.79 Å². The summed E-state index contributed by atoms with van der Waals surface area (Å²) in [5.74, 6) is -0.933. The van der Waals surface area contributed by atoms with Crippen LogP contribution in [0.5, 0.6) is 0 Å². The molecule has 1 heterocycles. The molecule has 1 atom stereocenters. The summed E-state index contributed by atoms with van der Waals surface area (Å²) in [4.78, 5) is 27.2. The predicted octanol–water partition coefficient (Wildman–Crippen LogP) is 3.35. The summed E-state index contributed by atoms with van der Waals surface area (Å²) in [6.07, 6.45) is -0.894. The highest BCUT2D eigenvalue weighted by molar-refractivity contribution is 5.98. The highest BCUT2D eigenvalue weighted by Crippen LogP contribution is 2.16. The van der Waals surface area contributed by atoms with E-state index in [1.54, 1.807) is 25.1 Å². The summed E-state index contributed by atoms with van der Waals surface area (Å²) in [6.45, 7) is 1.54. The van der Waals surface area contributed by atoms with E-state index in [9.17, 15) is 9.59 Å². The number of H-pyrrole nitrogens is 1. The normalized spacial score (nSPS) is 11.9. The van der Waals surface area contributed by atoms with Gasteiger partial charge in [-0.25, -0.2) is 4.79 Å². The second kappa shape index (κ2) is 6.36. The molecule has 2 N–H and O–H groups in total. The van der Waals surface area contributed by atoms with Gasteiger partial charge in [-0.15, -0.1) is 0 Å². The zero-order valence-electron chi connectivity index (χ0n) is 12.6.